The Bertz CT molecular complexity index is 1310. The van der Waals surface area contributed by atoms with Crippen molar-refractivity contribution >= 4 is 23.2 Å². The van der Waals surface area contributed by atoms with Crippen molar-refractivity contribution < 1.29 is 19.1 Å². The van der Waals surface area contributed by atoms with E-state index in [2.05, 4.69) is 27.7 Å². The average molecular weight is 531 g/mol. The van der Waals surface area contributed by atoms with Gasteiger partial charge >= 0.3 is 0 Å². The number of amides is 2. The van der Waals surface area contributed by atoms with E-state index in [4.69, 9.17) is 9.47 Å². The number of para-hydroxylation sites is 1. The molecule has 3 aromatic rings. The highest BCUT2D eigenvalue weighted by Crippen LogP contribution is 2.33. The van der Waals surface area contributed by atoms with Gasteiger partial charge in [0.05, 0.1) is 25.5 Å². The number of fused-ring (bicyclic) bond motifs is 1. The van der Waals surface area contributed by atoms with Crippen LogP contribution < -0.4 is 25.0 Å². The summed E-state index contributed by atoms with van der Waals surface area (Å²) in [6.07, 6.45) is 1.75. The van der Waals surface area contributed by atoms with Crippen molar-refractivity contribution in [2.24, 2.45) is 0 Å². The largest absolute Gasteiger partial charge is 0.493 e. The van der Waals surface area contributed by atoms with Crippen LogP contribution >= 0.6 is 0 Å². The molecule has 1 atom stereocenters. The molecule has 0 saturated heterocycles. The van der Waals surface area contributed by atoms with Crippen LogP contribution in [0.15, 0.2) is 60.7 Å². The van der Waals surface area contributed by atoms with Crippen molar-refractivity contribution in [1.82, 2.24) is 10.2 Å². The van der Waals surface area contributed by atoms with Crippen molar-refractivity contribution in [2.45, 2.75) is 32.4 Å². The molecular formula is C31H38N4O4. The van der Waals surface area contributed by atoms with E-state index in [0.717, 1.165) is 49.7 Å². The molecule has 1 aliphatic heterocycles. The van der Waals surface area contributed by atoms with Gasteiger partial charge in [-0.1, -0.05) is 12.1 Å². The topological polar surface area (TPSA) is 83.1 Å². The van der Waals surface area contributed by atoms with Gasteiger partial charge in [-0.25, -0.2) is 0 Å². The normalized spacial score (nSPS) is 13.7. The zero-order chi connectivity index (χ0) is 27.9. The molecule has 0 aliphatic carbocycles. The fourth-order valence-electron chi connectivity index (χ4n) is 4.78. The van der Waals surface area contributed by atoms with Crippen LogP contribution in [0.1, 0.15) is 45.2 Å². The summed E-state index contributed by atoms with van der Waals surface area (Å²) in [4.78, 5) is 30.4. The van der Waals surface area contributed by atoms with Crippen LogP contribution in [0, 0.1) is 0 Å². The first-order chi connectivity index (χ1) is 18.8. The van der Waals surface area contributed by atoms with Gasteiger partial charge in [0.25, 0.3) is 11.8 Å². The first-order valence-electron chi connectivity index (χ1n) is 13.2. The SMILES string of the molecule is COc1cc2c(cc1OC)CN(CCC(C)NC(=O)c1ccccc1NC(=O)c1ccc(N(C)C)cc1)CC2. The van der Waals surface area contributed by atoms with E-state index in [1.54, 1.807) is 44.6 Å². The second kappa shape index (κ2) is 12.7. The van der Waals surface area contributed by atoms with Gasteiger partial charge in [0.1, 0.15) is 0 Å². The molecule has 3 aromatic carbocycles. The Balaban J connectivity index is 1.33. The lowest BCUT2D eigenvalue weighted by atomic mass is 9.98. The second-order valence-corrected chi connectivity index (χ2v) is 10.1. The van der Waals surface area contributed by atoms with Gasteiger partial charge in [-0.3, -0.25) is 14.5 Å². The number of methoxy groups -OCH3 is 2. The summed E-state index contributed by atoms with van der Waals surface area (Å²) < 4.78 is 10.9. The number of ether oxygens (including phenoxy) is 2. The lowest BCUT2D eigenvalue weighted by Gasteiger charge is -2.30. The number of hydrogen-bond donors (Lipinski definition) is 2. The highest BCUT2D eigenvalue weighted by molar-refractivity contribution is 6.09. The summed E-state index contributed by atoms with van der Waals surface area (Å²) in [7, 11) is 7.21. The summed E-state index contributed by atoms with van der Waals surface area (Å²) in [5, 5.41) is 6.00. The number of anilines is 2. The van der Waals surface area contributed by atoms with E-state index >= 15 is 0 Å². The van der Waals surface area contributed by atoms with E-state index in [9.17, 15) is 9.59 Å². The molecule has 0 spiro atoms. The first-order valence-corrected chi connectivity index (χ1v) is 13.2. The fraction of sp³-hybridized carbons (Fsp3) is 0.355. The average Bonchev–Trinajstić information content (AvgIpc) is 2.95. The van der Waals surface area contributed by atoms with E-state index in [1.807, 2.05) is 44.1 Å². The standard InChI is InChI=1S/C31H38N4O4/c1-21(14-16-35-17-15-23-18-28(38-4)29(39-5)19-24(23)20-35)32-31(37)26-8-6-7-9-27(26)33-30(36)22-10-12-25(13-11-22)34(2)3/h6-13,18-19,21H,14-17,20H2,1-5H3,(H,32,37)(H,33,36). The Hall–Kier alpha value is -4.04. The molecule has 0 aromatic heterocycles. The van der Waals surface area contributed by atoms with Crippen LogP contribution in [0.4, 0.5) is 11.4 Å². The quantitative estimate of drug-likeness (QED) is 0.399. The molecule has 206 valence electrons. The van der Waals surface area contributed by atoms with Gasteiger partial charge < -0.3 is 25.0 Å². The molecule has 4 rings (SSSR count). The third-order valence-electron chi connectivity index (χ3n) is 7.12. The van der Waals surface area contributed by atoms with Crippen LogP contribution in [-0.4, -0.2) is 64.2 Å². The molecule has 0 saturated carbocycles. The smallest absolute Gasteiger partial charge is 0.255 e. The monoisotopic (exact) mass is 530 g/mol. The summed E-state index contributed by atoms with van der Waals surface area (Å²) in [5.41, 5.74) is 5.00. The van der Waals surface area contributed by atoms with Gasteiger partial charge in [0.15, 0.2) is 11.5 Å². The molecule has 2 N–H and O–H groups in total. The van der Waals surface area contributed by atoms with Crippen molar-refractivity contribution in [3.63, 3.8) is 0 Å². The zero-order valence-electron chi connectivity index (χ0n) is 23.4. The highest BCUT2D eigenvalue weighted by atomic mass is 16.5. The Morgan fingerprint density at radius 3 is 2.28 bits per heavy atom. The molecule has 39 heavy (non-hydrogen) atoms. The van der Waals surface area contributed by atoms with Crippen molar-refractivity contribution in [3.05, 3.63) is 82.9 Å². The number of hydrogen-bond acceptors (Lipinski definition) is 6. The molecule has 8 heteroatoms. The van der Waals surface area contributed by atoms with E-state index in [0.29, 0.717) is 16.8 Å². The Morgan fingerprint density at radius 2 is 1.62 bits per heavy atom. The lowest BCUT2D eigenvalue weighted by Crippen LogP contribution is -2.38. The third-order valence-corrected chi connectivity index (χ3v) is 7.12. The number of nitrogens with zero attached hydrogens (tertiary/aromatic N) is 2. The molecule has 1 unspecified atom stereocenters. The predicted octanol–water partition coefficient (Wildman–Crippen LogP) is 4.59. The Kier molecular flexibility index (Phi) is 9.09. The summed E-state index contributed by atoms with van der Waals surface area (Å²) >= 11 is 0. The second-order valence-electron chi connectivity index (χ2n) is 10.1. The zero-order valence-corrected chi connectivity index (χ0v) is 23.4. The molecule has 1 heterocycles. The van der Waals surface area contributed by atoms with E-state index < -0.39 is 0 Å². The maximum atomic E-state index is 13.2. The molecule has 8 nitrogen and oxygen atoms in total. The van der Waals surface area contributed by atoms with Crippen LogP contribution in [-0.2, 0) is 13.0 Å². The highest BCUT2D eigenvalue weighted by Gasteiger charge is 2.21. The minimum Gasteiger partial charge on any atom is -0.493 e. The van der Waals surface area contributed by atoms with E-state index in [-0.39, 0.29) is 17.9 Å². The molecule has 0 bridgehead atoms. The molecule has 0 fully saturated rings. The maximum Gasteiger partial charge on any atom is 0.255 e. The van der Waals surface area contributed by atoms with Crippen molar-refractivity contribution in [3.8, 4) is 11.5 Å². The molecule has 2 amide bonds. The number of carbonyl (C=O) groups excluding carboxylic acids is 2. The Morgan fingerprint density at radius 1 is 0.949 bits per heavy atom. The molecular weight excluding hydrogens is 492 g/mol. The first kappa shape index (κ1) is 28.0. The van der Waals surface area contributed by atoms with E-state index in [1.165, 1.54) is 11.1 Å². The third kappa shape index (κ3) is 6.89. The van der Waals surface area contributed by atoms with Crippen LogP contribution in [0.2, 0.25) is 0 Å². The molecule has 0 radical (unpaired) electrons. The van der Waals surface area contributed by atoms with Crippen molar-refractivity contribution in [1.29, 1.82) is 0 Å². The minimum atomic E-state index is -0.256. The van der Waals surface area contributed by atoms with Crippen LogP contribution in [0.25, 0.3) is 0 Å². The number of rotatable bonds is 10. The van der Waals surface area contributed by atoms with Crippen LogP contribution in [0.5, 0.6) is 11.5 Å². The van der Waals surface area contributed by atoms with Gasteiger partial charge in [-0.15, -0.1) is 0 Å². The fourth-order valence-corrected chi connectivity index (χ4v) is 4.78. The van der Waals surface area contributed by atoms with Gasteiger partial charge in [-0.05, 0) is 79.4 Å². The summed E-state index contributed by atoms with van der Waals surface area (Å²) in [6.45, 7) is 4.65. The lowest BCUT2D eigenvalue weighted by molar-refractivity contribution is 0.0935. The van der Waals surface area contributed by atoms with Gasteiger partial charge in [0.2, 0.25) is 0 Å². The minimum absolute atomic E-state index is 0.0355. The predicted molar refractivity (Wildman–Crippen MR) is 155 cm³/mol. The number of benzene rings is 3. The summed E-state index contributed by atoms with van der Waals surface area (Å²) in [6, 6.07) is 18.5. The van der Waals surface area contributed by atoms with Crippen LogP contribution in [0.3, 0.4) is 0 Å². The Labute approximate surface area is 230 Å². The van der Waals surface area contributed by atoms with Crippen molar-refractivity contribution in [2.75, 3.05) is 51.6 Å². The number of nitrogens with one attached hydrogen (secondary N) is 2. The number of carbonyl (C=O) groups is 2. The molecule has 1 aliphatic rings. The summed E-state index contributed by atoms with van der Waals surface area (Å²) in [5.74, 6) is 1.05. The van der Waals surface area contributed by atoms with Gasteiger partial charge in [-0.2, -0.15) is 0 Å². The maximum absolute atomic E-state index is 13.2. The van der Waals surface area contributed by atoms with Gasteiger partial charge in [0, 0.05) is 51.0 Å².